The van der Waals surface area contributed by atoms with Crippen LogP contribution in [0.2, 0.25) is 5.02 Å². The molecule has 1 fully saturated rings. The van der Waals surface area contributed by atoms with Crippen molar-refractivity contribution in [3.63, 3.8) is 0 Å². The van der Waals surface area contributed by atoms with Gasteiger partial charge in [-0.1, -0.05) is 59.8 Å². The van der Waals surface area contributed by atoms with Gasteiger partial charge in [-0.3, -0.25) is 4.79 Å². The second kappa shape index (κ2) is 8.92. The van der Waals surface area contributed by atoms with Crippen LogP contribution in [0, 0.1) is 0 Å². The Hall–Kier alpha value is -2.52. The van der Waals surface area contributed by atoms with E-state index in [1.54, 1.807) is 0 Å². The van der Waals surface area contributed by atoms with Crippen molar-refractivity contribution in [1.29, 1.82) is 0 Å². The molecule has 1 N–H and O–H groups in total. The van der Waals surface area contributed by atoms with E-state index in [-0.39, 0.29) is 10.8 Å². The van der Waals surface area contributed by atoms with Crippen LogP contribution in [0.1, 0.15) is 35.7 Å². The molecule has 0 atom stereocenters. The molecule has 0 aliphatic heterocycles. The predicted octanol–water partition coefficient (Wildman–Crippen LogP) is 5.61. The Bertz CT molecular complexity index is 1080. The third-order valence-electron chi connectivity index (χ3n) is 4.79. The van der Waals surface area contributed by atoms with Gasteiger partial charge in [-0.15, -0.1) is 10.2 Å². The van der Waals surface area contributed by atoms with Crippen molar-refractivity contribution in [2.24, 2.45) is 0 Å². The highest BCUT2D eigenvalue weighted by molar-refractivity contribution is 7.99. The average Bonchev–Trinajstić information content (AvgIpc) is 3.50. The first kappa shape index (κ1) is 21.7. The number of carbonyl (C=O) groups is 1. The van der Waals surface area contributed by atoms with Crippen LogP contribution in [-0.4, -0.2) is 26.4 Å². The molecule has 1 amide bonds. The summed E-state index contributed by atoms with van der Waals surface area (Å²) in [5, 5.41) is 11.2. The Kier molecular flexibility index (Phi) is 6.24. The van der Waals surface area contributed by atoms with Gasteiger partial charge in [-0.25, -0.2) is 0 Å². The highest BCUT2D eigenvalue weighted by Crippen LogP contribution is 2.41. The maximum atomic E-state index is 13.2. The lowest BCUT2D eigenvalue weighted by Gasteiger charge is -2.15. The van der Waals surface area contributed by atoms with E-state index in [0.29, 0.717) is 17.6 Å². The van der Waals surface area contributed by atoms with Crippen LogP contribution >= 0.6 is 23.4 Å². The third-order valence-corrected chi connectivity index (χ3v) is 6.07. The van der Waals surface area contributed by atoms with Crippen LogP contribution in [0.4, 0.5) is 18.9 Å². The molecule has 5 nitrogen and oxygen atoms in total. The van der Waals surface area contributed by atoms with Crippen molar-refractivity contribution >= 4 is 35.0 Å². The number of aromatic nitrogens is 3. The minimum atomic E-state index is -4.63. The lowest BCUT2D eigenvalue weighted by molar-refractivity contribution is -0.137. The number of halogens is 4. The highest BCUT2D eigenvalue weighted by Gasteiger charge is 2.35. The van der Waals surface area contributed by atoms with Crippen molar-refractivity contribution in [3.8, 4) is 0 Å². The van der Waals surface area contributed by atoms with E-state index in [1.165, 1.54) is 12.1 Å². The molecule has 1 saturated carbocycles. The van der Waals surface area contributed by atoms with E-state index in [9.17, 15) is 18.0 Å². The Labute approximate surface area is 186 Å². The molecule has 3 aromatic rings. The maximum Gasteiger partial charge on any atom is 0.418 e. The van der Waals surface area contributed by atoms with E-state index in [0.717, 1.165) is 42.1 Å². The summed E-state index contributed by atoms with van der Waals surface area (Å²) in [6.45, 7) is 0.562. The zero-order valence-electron chi connectivity index (χ0n) is 16.2. The molecule has 1 aliphatic rings. The molecule has 4 rings (SSSR count). The maximum absolute atomic E-state index is 13.2. The molecule has 1 aliphatic carbocycles. The first-order valence-electron chi connectivity index (χ1n) is 9.58. The Morgan fingerprint density at radius 3 is 2.55 bits per heavy atom. The molecular formula is C21H18ClF3N4OS. The number of alkyl halides is 3. The highest BCUT2D eigenvalue weighted by atomic mass is 35.5. The van der Waals surface area contributed by atoms with Crippen LogP contribution in [0.5, 0.6) is 0 Å². The molecule has 10 heteroatoms. The Balaban J connectivity index is 1.48. The number of thioether (sulfide) groups is 1. The summed E-state index contributed by atoms with van der Waals surface area (Å²) >= 11 is 7.04. The number of nitrogens with zero attached hydrogens (tertiary/aromatic N) is 3. The fourth-order valence-corrected chi connectivity index (χ4v) is 4.12. The Morgan fingerprint density at radius 2 is 1.87 bits per heavy atom. The molecule has 1 heterocycles. The number of anilines is 1. The summed E-state index contributed by atoms with van der Waals surface area (Å²) in [6, 6.07) is 13.2. The van der Waals surface area contributed by atoms with Gasteiger partial charge < -0.3 is 9.88 Å². The second-order valence-electron chi connectivity index (χ2n) is 7.18. The minimum Gasteiger partial charge on any atom is -0.324 e. The summed E-state index contributed by atoms with van der Waals surface area (Å²) in [5.74, 6) is 0.500. The normalized spacial score (nSPS) is 13.9. The molecule has 162 valence electrons. The third kappa shape index (κ3) is 5.22. The van der Waals surface area contributed by atoms with Crippen LogP contribution < -0.4 is 5.32 Å². The van der Waals surface area contributed by atoms with E-state index in [1.807, 2.05) is 34.9 Å². The average molecular weight is 467 g/mol. The number of amides is 1. The van der Waals surface area contributed by atoms with E-state index in [2.05, 4.69) is 15.5 Å². The van der Waals surface area contributed by atoms with Gasteiger partial charge >= 0.3 is 6.18 Å². The molecule has 0 unspecified atom stereocenters. The summed E-state index contributed by atoms with van der Waals surface area (Å²) in [6.07, 6.45) is -2.54. The summed E-state index contributed by atoms with van der Waals surface area (Å²) in [5.41, 5.74) is -0.352. The van der Waals surface area contributed by atoms with Crippen molar-refractivity contribution in [1.82, 2.24) is 14.8 Å². The largest absolute Gasteiger partial charge is 0.418 e. The molecule has 1 aromatic heterocycles. The lowest BCUT2D eigenvalue weighted by atomic mass is 10.1. The molecule has 0 saturated heterocycles. The van der Waals surface area contributed by atoms with Crippen molar-refractivity contribution in [2.45, 2.75) is 36.6 Å². The first-order valence-corrected chi connectivity index (χ1v) is 10.9. The number of nitrogens with one attached hydrogen (secondary N) is 1. The molecule has 31 heavy (non-hydrogen) atoms. The van der Waals surface area contributed by atoms with E-state index in [4.69, 9.17) is 11.6 Å². The topological polar surface area (TPSA) is 59.8 Å². The molecule has 0 spiro atoms. The number of benzene rings is 2. The fourth-order valence-electron chi connectivity index (χ4n) is 3.16. The standard InChI is InChI=1S/C21H18ClF3N4OS/c22-16-8-4-7-15(21(23,24)25)18(16)26-17(30)12-31-20-28-27-19(14-9-10-14)29(20)11-13-5-2-1-3-6-13/h1-8,14H,9-12H2,(H,26,30). The van der Waals surface area contributed by atoms with Crippen LogP contribution in [-0.2, 0) is 17.5 Å². The molecule has 0 bridgehead atoms. The van der Waals surface area contributed by atoms with Gasteiger partial charge in [0.1, 0.15) is 5.82 Å². The number of carbonyl (C=O) groups excluding carboxylic acids is 1. The smallest absolute Gasteiger partial charge is 0.324 e. The minimum absolute atomic E-state index is 0.125. The molecular weight excluding hydrogens is 449 g/mol. The van der Waals surface area contributed by atoms with E-state index < -0.39 is 23.3 Å². The second-order valence-corrected chi connectivity index (χ2v) is 8.53. The lowest BCUT2D eigenvalue weighted by Crippen LogP contribution is -2.19. The van der Waals surface area contributed by atoms with Crippen molar-refractivity contribution in [2.75, 3.05) is 11.1 Å². The fraction of sp³-hybridized carbons (Fsp3) is 0.286. The number of rotatable bonds is 7. The van der Waals surface area contributed by atoms with Crippen molar-refractivity contribution in [3.05, 3.63) is 70.5 Å². The van der Waals surface area contributed by atoms with E-state index >= 15 is 0 Å². The number of para-hydroxylation sites is 1. The zero-order valence-corrected chi connectivity index (χ0v) is 17.8. The predicted molar refractivity (Wildman–Crippen MR) is 113 cm³/mol. The quantitative estimate of drug-likeness (QED) is 0.460. The first-order chi connectivity index (χ1) is 14.8. The van der Waals surface area contributed by atoms with Gasteiger partial charge in [0.15, 0.2) is 5.16 Å². The van der Waals surface area contributed by atoms with Gasteiger partial charge in [0.25, 0.3) is 0 Å². The van der Waals surface area contributed by atoms with Crippen LogP contribution in [0.15, 0.2) is 53.7 Å². The monoisotopic (exact) mass is 466 g/mol. The molecule has 2 aromatic carbocycles. The van der Waals surface area contributed by atoms with Crippen LogP contribution in [0.3, 0.4) is 0 Å². The molecule has 0 radical (unpaired) electrons. The van der Waals surface area contributed by atoms with Gasteiger partial charge in [0, 0.05) is 5.92 Å². The number of hydrogen-bond donors (Lipinski definition) is 1. The van der Waals surface area contributed by atoms with Gasteiger partial charge in [-0.05, 0) is 30.5 Å². The summed E-state index contributed by atoms with van der Waals surface area (Å²) in [7, 11) is 0. The summed E-state index contributed by atoms with van der Waals surface area (Å²) in [4.78, 5) is 12.4. The van der Waals surface area contributed by atoms with Crippen molar-refractivity contribution < 1.29 is 18.0 Å². The van der Waals surface area contributed by atoms with Gasteiger partial charge in [0.2, 0.25) is 5.91 Å². The number of hydrogen-bond acceptors (Lipinski definition) is 4. The van der Waals surface area contributed by atoms with Gasteiger partial charge in [0.05, 0.1) is 28.6 Å². The zero-order chi connectivity index (χ0) is 22.0. The SMILES string of the molecule is O=C(CSc1nnc(C2CC2)n1Cc1ccccc1)Nc1c(Cl)cccc1C(F)(F)F. The summed E-state index contributed by atoms with van der Waals surface area (Å²) < 4.78 is 41.7. The van der Waals surface area contributed by atoms with Gasteiger partial charge in [-0.2, -0.15) is 13.2 Å². The Morgan fingerprint density at radius 1 is 1.13 bits per heavy atom. The van der Waals surface area contributed by atoms with Crippen LogP contribution in [0.25, 0.3) is 0 Å².